The molecular weight excluding hydrogens is 403 g/mol. The average Bonchev–Trinajstić information content (AvgIpc) is 3.15. The van der Waals surface area contributed by atoms with Crippen molar-refractivity contribution in [3.63, 3.8) is 0 Å². The number of anilines is 1. The van der Waals surface area contributed by atoms with Crippen molar-refractivity contribution < 1.29 is 23.1 Å². The normalized spacial score (nSPS) is 19.6. The number of amides is 2. The lowest BCUT2D eigenvalue weighted by molar-refractivity contribution is -0.125. The fourth-order valence-electron chi connectivity index (χ4n) is 4.73. The maximum Gasteiger partial charge on any atom is 0.291 e. The number of rotatable bonds is 4. The minimum Gasteiger partial charge on any atom is -0.450 e. The zero-order valence-electron chi connectivity index (χ0n) is 17.0. The number of carbonyl (C=O) groups is 2. The molecule has 3 heterocycles. The minimum atomic E-state index is -1.66. The summed E-state index contributed by atoms with van der Waals surface area (Å²) >= 11 is 0. The maximum atomic E-state index is 13.9. The second-order valence-corrected chi connectivity index (χ2v) is 7.67. The van der Waals surface area contributed by atoms with Gasteiger partial charge in [-0.3, -0.25) is 14.4 Å². The average molecular weight is 422 g/mol. The van der Waals surface area contributed by atoms with Gasteiger partial charge in [-0.1, -0.05) is 18.2 Å². The highest BCUT2D eigenvalue weighted by Gasteiger charge is 2.64. The van der Waals surface area contributed by atoms with Gasteiger partial charge < -0.3 is 19.0 Å². The third kappa shape index (κ3) is 2.39. The summed E-state index contributed by atoms with van der Waals surface area (Å²) < 4.78 is 24.9. The molecule has 0 N–H and O–H groups in total. The Balaban J connectivity index is 1.88. The predicted molar refractivity (Wildman–Crippen MR) is 111 cm³/mol. The molecule has 0 fully saturated rings. The van der Waals surface area contributed by atoms with E-state index in [9.17, 15) is 18.8 Å². The topological polar surface area (TPSA) is 80.1 Å². The van der Waals surface area contributed by atoms with Crippen molar-refractivity contribution in [2.45, 2.75) is 12.0 Å². The molecule has 0 bridgehead atoms. The number of hydrogen-bond acceptors (Lipinski definition) is 5. The Kier molecular flexibility index (Phi) is 4.23. The molecule has 3 aromatic rings. The number of fused-ring (bicyclic) bond motifs is 5. The molecule has 2 aliphatic rings. The van der Waals surface area contributed by atoms with Crippen LogP contribution >= 0.6 is 0 Å². The van der Waals surface area contributed by atoms with Crippen LogP contribution in [0.15, 0.2) is 51.7 Å². The van der Waals surface area contributed by atoms with E-state index in [1.807, 2.05) is 0 Å². The molecule has 0 saturated carbocycles. The van der Waals surface area contributed by atoms with E-state index in [0.29, 0.717) is 24.3 Å². The number of benzene rings is 2. The van der Waals surface area contributed by atoms with Crippen molar-refractivity contribution in [3.8, 4) is 0 Å². The van der Waals surface area contributed by atoms with E-state index in [2.05, 4.69) is 0 Å². The molecule has 31 heavy (non-hydrogen) atoms. The van der Waals surface area contributed by atoms with Crippen LogP contribution in [0.4, 0.5) is 10.1 Å². The van der Waals surface area contributed by atoms with E-state index in [4.69, 9.17) is 9.15 Å². The first-order valence-electron chi connectivity index (χ1n) is 9.88. The Labute approximate surface area is 176 Å². The molecule has 7 nitrogen and oxygen atoms in total. The molecule has 0 saturated heterocycles. The number of ether oxygens (including phenoxy) is 1. The summed E-state index contributed by atoms with van der Waals surface area (Å²) in [6, 6.07) is 10.6. The van der Waals surface area contributed by atoms with E-state index in [0.717, 1.165) is 12.1 Å². The number of methoxy groups -OCH3 is 1. The first kappa shape index (κ1) is 19.4. The summed E-state index contributed by atoms with van der Waals surface area (Å²) in [5.74, 6) is -1.76. The molecule has 2 amide bonds. The van der Waals surface area contributed by atoms with Gasteiger partial charge >= 0.3 is 0 Å². The largest absolute Gasteiger partial charge is 0.450 e. The molecule has 2 aliphatic heterocycles. The van der Waals surface area contributed by atoms with Crippen LogP contribution in [-0.2, 0) is 15.1 Å². The molecule has 1 aromatic heterocycles. The van der Waals surface area contributed by atoms with Crippen LogP contribution in [0, 0.1) is 5.82 Å². The van der Waals surface area contributed by atoms with Crippen molar-refractivity contribution >= 4 is 28.5 Å². The van der Waals surface area contributed by atoms with Gasteiger partial charge in [-0.2, -0.15) is 0 Å². The van der Waals surface area contributed by atoms with E-state index < -0.39 is 28.6 Å². The van der Waals surface area contributed by atoms with Gasteiger partial charge in [0.1, 0.15) is 11.4 Å². The molecule has 8 heteroatoms. The quantitative estimate of drug-likeness (QED) is 0.604. The van der Waals surface area contributed by atoms with Crippen LogP contribution in [-0.4, -0.2) is 44.0 Å². The SMILES string of the molecule is COCCCN1C(=O)c2oc3ccc(F)cc3c(=O)c2C12C(=O)N(C)c1ccccc12. The Morgan fingerprint density at radius 3 is 2.68 bits per heavy atom. The molecule has 1 unspecified atom stereocenters. The first-order chi connectivity index (χ1) is 14.9. The lowest BCUT2D eigenvalue weighted by Crippen LogP contribution is -2.53. The first-order valence-corrected chi connectivity index (χ1v) is 9.88. The lowest BCUT2D eigenvalue weighted by atomic mass is 9.84. The van der Waals surface area contributed by atoms with Crippen molar-refractivity contribution in [1.82, 2.24) is 4.90 Å². The fraction of sp³-hybridized carbons (Fsp3) is 0.261. The van der Waals surface area contributed by atoms with Gasteiger partial charge in [-0.15, -0.1) is 0 Å². The number of likely N-dealkylation sites (N-methyl/N-ethyl adjacent to an activating group) is 1. The van der Waals surface area contributed by atoms with Crippen molar-refractivity contribution in [2.24, 2.45) is 0 Å². The van der Waals surface area contributed by atoms with Crippen LogP contribution < -0.4 is 10.3 Å². The van der Waals surface area contributed by atoms with E-state index in [1.165, 1.54) is 15.9 Å². The van der Waals surface area contributed by atoms with E-state index in [-0.39, 0.29) is 28.8 Å². The number of nitrogens with zero attached hydrogens (tertiary/aromatic N) is 2. The molecule has 0 aliphatic carbocycles. The summed E-state index contributed by atoms with van der Waals surface area (Å²) in [7, 11) is 3.15. The molecule has 0 radical (unpaired) electrons. The molecule has 1 atom stereocenters. The van der Waals surface area contributed by atoms with E-state index in [1.54, 1.807) is 38.4 Å². The highest BCUT2D eigenvalue weighted by molar-refractivity contribution is 6.16. The van der Waals surface area contributed by atoms with Gasteiger partial charge in [0.05, 0.1) is 10.9 Å². The zero-order chi connectivity index (χ0) is 21.9. The number of halogens is 1. The van der Waals surface area contributed by atoms with Gasteiger partial charge in [0.2, 0.25) is 5.76 Å². The van der Waals surface area contributed by atoms with Crippen LogP contribution in [0.1, 0.15) is 28.1 Å². The highest BCUT2D eigenvalue weighted by Crippen LogP contribution is 2.52. The van der Waals surface area contributed by atoms with Crippen LogP contribution in [0.5, 0.6) is 0 Å². The molecule has 2 aromatic carbocycles. The summed E-state index contributed by atoms with van der Waals surface area (Å²) in [6.07, 6.45) is 0.458. The monoisotopic (exact) mass is 422 g/mol. The van der Waals surface area contributed by atoms with Crippen molar-refractivity contribution in [2.75, 3.05) is 32.2 Å². The zero-order valence-corrected chi connectivity index (χ0v) is 17.0. The Hall–Kier alpha value is -3.52. The number of carbonyl (C=O) groups excluding carboxylic acids is 2. The third-order valence-corrected chi connectivity index (χ3v) is 6.06. The fourth-order valence-corrected chi connectivity index (χ4v) is 4.73. The summed E-state index contributed by atoms with van der Waals surface area (Å²) in [6.45, 7) is 0.547. The van der Waals surface area contributed by atoms with Gasteiger partial charge in [0.15, 0.2) is 11.0 Å². The Morgan fingerprint density at radius 2 is 1.90 bits per heavy atom. The predicted octanol–water partition coefficient (Wildman–Crippen LogP) is 2.64. The van der Waals surface area contributed by atoms with Crippen LogP contribution in [0.3, 0.4) is 0 Å². The number of hydrogen-bond donors (Lipinski definition) is 0. The lowest BCUT2D eigenvalue weighted by Gasteiger charge is -2.33. The second-order valence-electron chi connectivity index (χ2n) is 7.67. The molecular formula is C23H19FN2O5. The van der Waals surface area contributed by atoms with Gasteiger partial charge in [0, 0.05) is 38.6 Å². The number of para-hydroxylation sites is 1. The van der Waals surface area contributed by atoms with Crippen molar-refractivity contribution in [3.05, 3.63) is 75.4 Å². The smallest absolute Gasteiger partial charge is 0.291 e. The Bertz CT molecular complexity index is 1320. The highest BCUT2D eigenvalue weighted by atomic mass is 19.1. The van der Waals surface area contributed by atoms with Gasteiger partial charge in [-0.25, -0.2) is 4.39 Å². The standard InChI is InChI=1S/C23H19FN2O5/c1-25-16-7-4-3-6-15(16)23(22(25)29)18-19(27)14-12-13(24)8-9-17(14)31-20(18)21(28)26(23)10-5-11-30-2/h3-4,6-9,12H,5,10-11H2,1-2H3. The van der Waals surface area contributed by atoms with Crippen LogP contribution in [0.2, 0.25) is 0 Å². The summed E-state index contributed by atoms with van der Waals surface area (Å²) in [5, 5.41) is -0.00972. The van der Waals surface area contributed by atoms with E-state index >= 15 is 0 Å². The molecule has 5 rings (SSSR count). The third-order valence-electron chi connectivity index (χ3n) is 6.06. The van der Waals surface area contributed by atoms with Gasteiger partial charge in [-0.05, 0) is 30.7 Å². The summed E-state index contributed by atoms with van der Waals surface area (Å²) in [5.41, 5.74) is -1.09. The minimum absolute atomic E-state index is 0.00972. The Morgan fingerprint density at radius 1 is 1.13 bits per heavy atom. The summed E-state index contributed by atoms with van der Waals surface area (Å²) in [4.78, 5) is 43.7. The maximum absolute atomic E-state index is 13.9. The second kappa shape index (κ2) is 6.75. The van der Waals surface area contributed by atoms with Crippen LogP contribution in [0.25, 0.3) is 11.0 Å². The molecule has 1 spiro atoms. The van der Waals surface area contributed by atoms with Crippen molar-refractivity contribution in [1.29, 1.82) is 0 Å². The van der Waals surface area contributed by atoms with Gasteiger partial charge in [0.25, 0.3) is 11.8 Å². The molecule has 158 valence electrons.